The molecule has 0 saturated heterocycles. The standard InChI is InChI=1S/C21H22ClN5O4S/c1-4-18(28)13-9-10-19(31-2)17(11-13)25-21-23-12-14(22)20(26-21)24-15-7-5-6-8-16(15)27-32(3,29)30/h5-12,27H,4H2,1-3H3,(H2,23,24,25,26). The highest BCUT2D eigenvalue weighted by atomic mass is 35.5. The van der Waals surface area contributed by atoms with Crippen LogP contribution in [0.3, 0.4) is 0 Å². The van der Waals surface area contributed by atoms with Crippen molar-refractivity contribution in [2.24, 2.45) is 0 Å². The number of nitrogens with one attached hydrogen (secondary N) is 3. The van der Waals surface area contributed by atoms with Crippen molar-refractivity contribution in [3.05, 3.63) is 59.2 Å². The second-order valence-electron chi connectivity index (χ2n) is 6.75. The molecule has 2 aromatic carbocycles. The predicted octanol–water partition coefficient (Wildman–Crippen LogP) is 4.59. The van der Waals surface area contributed by atoms with Crippen LogP contribution in [0.15, 0.2) is 48.7 Å². The molecule has 9 nitrogen and oxygen atoms in total. The van der Waals surface area contributed by atoms with Crippen LogP contribution >= 0.6 is 11.6 Å². The Bertz CT molecular complexity index is 1250. The van der Waals surface area contributed by atoms with E-state index in [9.17, 15) is 13.2 Å². The smallest absolute Gasteiger partial charge is 0.229 e. The van der Waals surface area contributed by atoms with Gasteiger partial charge in [-0.2, -0.15) is 4.98 Å². The van der Waals surface area contributed by atoms with E-state index in [1.165, 1.54) is 13.3 Å². The van der Waals surface area contributed by atoms with Crippen molar-refractivity contribution in [2.75, 3.05) is 28.7 Å². The Morgan fingerprint density at radius 1 is 1.09 bits per heavy atom. The quantitative estimate of drug-likeness (QED) is 0.384. The molecule has 0 spiro atoms. The molecule has 0 fully saturated rings. The second kappa shape index (κ2) is 9.84. The van der Waals surface area contributed by atoms with Gasteiger partial charge in [0.25, 0.3) is 0 Å². The Kier molecular flexibility index (Phi) is 7.16. The van der Waals surface area contributed by atoms with Crippen molar-refractivity contribution in [1.82, 2.24) is 9.97 Å². The number of carbonyl (C=O) groups is 1. The number of aromatic nitrogens is 2. The largest absolute Gasteiger partial charge is 0.495 e. The van der Waals surface area contributed by atoms with E-state index in [0.717, 1.165) is 6.26 Å². The lowest BCUT2D eigenvalue weighted by Crippen LogP contribution is -2.11. The highest BCUT2D eigenvalue weighted by Gasteiger charge is 2.14. The van der Waals surface area contributed by atoms with Gasteiger partial charge in [0.1, 0.15) is 10.8 Å². The fraction of sp³-hybridized carbons (Fsp3) is 0.190. The van der Waals surface area contributed by atoms with Crippen LogP contribution in [0, 0.1) is 0 Å². The lowest BCUT2D eigenvalue weighted by Gasteiger charge is -2.15. The Hall–Kier alpha value is -3.37. The van der Waals surface area contributed by atoms with Crippen LogP contribution in [0.2, 0.25) is 5.02 Å². The first-order valence-corrected chi connectivity index (χ1v) is 11.8. The average molecular weight is 476 g/mol. The number of hydrogen-bond acceptors (Lipinski definition) is 8. The first-order valence-electron chi connectivity index (χ1n) is 9.54. The number of Topliss-reactive ketones (excluding diaryl/α,β-unsaturated/α-hetero) is 1. The zero-order chi connectivity index (χ0) is 23.3. The normalized spacial score (nSPS) is 11.0. The Morgan fingerprint density at radius 2 is 1.81 bits per heavy atom. The number of ketones is 1. The minimum Gasteiger partial charge on any atom is -0.495 e. The number of hydrogen-bond donors (Lipinski definition) is 3. The summed E-state index contributed by atoms with van der Waals surface area (Å²) in [5.41, 5.74) is 1.84. The lowest BCUT2D eigenvalue weighted by atomic mass is 10.1. The molecule has 0 radical (unpaired) electrons. The van der Waals surface area contributed by atoms with Crippen molar-refractivity contribution in [3.63, 3.8) is 0 Å². The molecule has 0 aliphatic carbocycles. The molecule has 3 rings (SSSR count). The number of benzene rings is 2. The minimum absolute atomic E-state index is 0.00920. The van der Waals surface area contributed by atoms with Crippen molar-refractivity contribution < 1.29 is 17.9 Å². The molecule has 0 atom stereocenters. The number of para-hydroxylation sites is 2. The Labute approximate surface area is 191 Å². The zero-order valence-electron chi connectivity index (χ0n) is 17.6. The molecule has 1 heterocycles. The van der Waals surface area contributed by atoms with Gasteiger partial charge in [0, 0.05) is 12.0 Å². The second-order valence-corrected chi connectivity index (χ2v) is 8.91. The molecule has 3 N–H and O–H groups in total. The summed E-state index contributed by atoms with van der Waals surface area (Å²) in [6.45, 7) is 1.79. The number of methoxy groups -OCH3 is 1. The van der Waals surface area contributed by atoms with E-state index in [1.807, 2.05) is 0 Å². The van der Waals surface area contributed by atoms with Gasteiger partial charge in [-0.15, -0.1) is 0 Å². The molecule has 0 unspecified atom stereocenters. The zero-order valence-corrected chi connectivity index (χ0v) is 19.2. The molecule has 0 amide bonds. The average Bonchev–Trinajstić information content (AvgIpc) is 2.75. The maximum Gasteiger partial charge on any atom is 0.229 e. The first kappa shape index (κ1) is 23.3. The number of rotatable bonds is 9. The van der Waals surface area contributed by atoms with Gasteiger partial charge in [-0.3, -0.25) is 9.52 Å². The summed E-state index contributed by atoms with van der Waals surface area (Å²) in [7, 11) is -1.96. The SMILES string of the molecule is CCC(=O)c1ccc(OC)c(Nc2ncc(Cl)c(Nc3ccccc3NS(C)(=O)=O)n2)c1. The van der Waals surface area contributed by atoms with Gasteiger partial charge in [-0.05, 0) is 30.3 Å². The maximum absolute atomic E-state index is 12.1. The summed E-state index contributed by atoms with van der Waals surface area (Å²) < 4.78 is 31.1. The Morgan fingerprint density at radius 3 is 2.47 bits per heavy atom. The molecule has 32 heavy (non-hydrogen) atoms. The molecule has 11 heteroatoms. The van der Waals surface area contributed by atoms with Crippen molar-refractivity contribution in [2.45, 2.75) is 13.3 Å². The molecule has 0 saturated carbocycles. The van der Waals surface area contributed by atoms with Gasteiger partial charge < -0.3 is 15.4 Å². The van der Waals surface area contributed by atoms with E-state index in [2.05, 4.69) is 25.3 Å². The number of carbonyl (C=O) groups excluding carboxylic acids is 1. The summed E-state index contributed by atoms with van der Waals surface area (Å²) in [5, 5.41) is 6.29. The van der Waals surface area contributed by atoms with Gasteiger partial charge in [0.15, 0.2) is 11.6 Å². The molecular formula is C21H22ClN5O4S. The van der Waals surface area contributed by atoms with E-state index < -0.39 is 10.0 Å². The highest BCUT2D eigenvalue weighted by Crippen LogP contribution is 2.32. The van der Waals surface area contributed by atoms with Gasteiger partial charge >= 0.3 is 0 Å². The van der Waals surface area contributed by atoms with Crippen LogP contribution in [0.1, 0.15) is 23.7 Å². The third-order valence-electron chi connectivity index (χ3n) is 4.31. The van der Waals surface area contributed by atoms with E-state index >= 15 is 0 Å². The number of ether oxygens (including phenoxy) is 1. The molecule has 0 aliphatic heterocycles. The number of sulfonamides is 1. The van der Waals surface area contributed by atoms with Gasteiger partial charge in [-0.25, -0.2) is 13.4 Å². The maximum atomic E-state index is 12.1. The summed E-state index contributed by atoms with van der Waals surface area (Å²) in [6, 6.07) is 11.8. The van der Waals surface area contributed by atoms with Crippen LogP contribution in [0.5, 0.6) is 5.75 Å². The van der Waals surface area contributed by atoms with Crippen LogP contribution in [-0.2, 0) is 10.0 Å². The van der Waals surface area contributed by atoms with Gasteiger partial charge in [-0.1, -0.05) is 30.7 Å². The van der Waals surface area contributed by atoms with Crippen molar-refractivity contribution >= 4 is 56.2 Å². The fourth-order valence-corrected chi connectivity index (χ4v) is 3.54. The van der Waals surface area contributed by atoms with E-state index in [0.29, 0.717) is 34.8 Å². The van der Waals surface area contributed by atoms with Crippen LogP contribution in [0.4, 0.5) is 28.8 Å². The third kappa shape index (κ3) is 5.86. The molecule has 1 aromatic heterocycles. The minimum atomic E-state index is -3.48. The van der Waals surface area contributed by atoms with Crippen LogP contribution in [0.25, 0.3) is 0 Å². The summed E-state index contributed by atoms with van der Waals surface area (Å²) in [4.78, 5) is 20.6. The summed E-state index contributed by atoms with van der Waals surface area (Å²) in [6.07, 6.45) is 2.84. The number of anilines is 5. The van der Waals surface area contributed by atoms with Crippen molar-refractivity contribution in [3.8, 4) is 5.75 Å². The topological polar surface area (TPSA) is 122 Å². The Balaban J connectivity index is 1.92. The van der Waals surface area contributed by atoms with Gasteiger partial charge in [0.05, 0.1) is 36.6 Å². The van der Waals surface area contributed by atoms with E-state index in [-0.39, 0.29) is 22.6 Å². The van der Waals surface area contributed by atoms with E-state index in [4.69, 9.17) is 16.3 Å². The monoisotopic (exact) mass is 475 g/mol. The summed E-state index contributed by atoms with van der Waals surface area (Å²) >= 11 is 6.26. The third-order valence-corrected chi connectivity index (χ3v) is 5.18. The fourth-order valence-electron chi connectivity index (χ4n) is 2.83. The predicted molar refractivity (Wildman–Crippen MR) is 126 cm³/mol. The molecule has 3 aromatic rings. The first-order chi connectivity index (χ1) is 15.2. The van der Waals surface area contributed by atoms with Crippen molar-refractivity contribution in [1.29, 1.82) is 0 Å². The van der Waals surface area contributed by atoms with E-state index in [1.54, 1.807) is 49.4 Å². The number of nitrogens with zero attached hydrogens (tertiary/aromatic N) is 2. The van der Waals surface area contributed by atoms with Gasteiger partial charge in [0.2, 0.25) is 16.0 Å². The molecule has 0 bridgehead atoms. The molecule has 168 valence electrons. The summed E-state index contributed by atoms with van der Waals surface area (Å²) in [5.74, 6) is 0.954. The van der Waals surface area contributed by atoms with Crippen LogP contribution in [-0.4, -0.2) is 37.5 Å². The molecule has 0 aliphatic rings. The molecular weight excluding hydrogens is 454 g/mol. The lowest BCUT2D eigenvalue weighted by molar-refractivity contribution is 0.0988. The van der Waals surface area contributed by atoms with Crippen LogP contribution < -0.4 is 20.1 Å². The number of halogens is 1. The highest BCUT2D eigenvalue weighted by molar-refractivity contribution is 7.92.